The summed E-state index contributed by atoms with van der Waals surface area (Å²) in [6, 6.07) is 5.13. The fourth-order valence-corrected chi connectivity index (χ4v) is 1.86. The van der Waals surface area contributed by atoms with E-state index in [9.17, 15) is 4.79 Å². The Hall–Kier alpha value is -1.55. The maximum absolute atomic E-state index is 12.0. The SMILES string of the molecule is CCn1c(Cl)nc2cc(OC)ccc2c1=O. The first kappa shape index (κ1) is 11.0. The van der Waals surface area contributed by atoms with Gasteiger partial charge in [0.15, 0.2) is 0 Å². The molecule has 0 N–H and O–H groups in total. The van der Waals surface area contributed by atoms with Crippen LogP contribution >= 0.6 is 11.6 Å². The van der Waals surface area contributed by atoms with E-state index in [0.29, 0.717) is 23.2 Å². The Morgan fingerprint density at radius 1 is 1.50 bits per heavy atom. The summed E-state index contributed by atoms with van der Waals surface area (Å²) in [5, 5.41) is 0.750. The van der Waals surface area contributed by atoms with Crippen LogP contribution < -0.4 is 10.3 Å². The molecule has 0 aliphatic rings. The van der Waals surface area contributed by atoms with Crippen LogP contribution in [0.3, 0.4) is 0 Å². The van der Waals surface area contributed by atoms with Crippen molar-refractivity contribution < 1.29 is 4.74 Å². The molecular weight excluding hydrogens is 228 g/mol. The molecule has 0 aliphatic carbocycles. The second-order valence-electron chi connectivity index (χ2n) is 3.31. The quantitative estimate of drug-likeness (QED) is 0.753. The first-order chi connectivity index (χ1) is 7.67. The first-order valence-corrected chi connectivity index (χ1v) is 5.29. The average molecular weight is 239 g/mol. The number of benzene rings is 1. The van der Waals surface area contributed by atoms with Crippen molar-refractivity contribution >= 4 is 22.5 Å². The number of ether oxygens (including phenoxy) is 1. The highest BCUT2D eigenvalue weighted by Gasteiger charge is 2.08. The predicted octanol–water partition coefficient (Wildman–Crippen LogP) is 2.08. The first-order valence-electron chi connectivity index (χ1n) is 4.91. The third-order valence-corrected chi connectivity index (χ3v) is 2.72. The van der Waals surface area contributed by atoms with E-state index in [4.69, 9.17) is 16.3 Å². The van der Waals surface area contributed by atoms with E-state index in [1.165, 1.54) is 4.57 Å². The molecule has 1 aromatic carbocycles. The van der Waals surface area contributed by atoms with Crippen molar-refractivity contribution in [2.24, 2.45) is 0 Å². The molecule has 84 valence electrons. The van der Waals surface area contributed by atoms with Crippen LogP contribution in [0.4, 0.5) is 0 Å². The molecule has 0 amide bonds. The van der Waals surface area contributed by atoms with Crippen LogP contribution in [0.15, 0.2) is 23.0 Å². The second kappa shape index (κ2) is 4.14. The number of nitrogens with zero attached hydrogens (tertiary/aromatic N) is 2. The molecule has 2 aromatic rings. The van der Waals surface area contributed by atoms with Gasteiger partial charge in [-0.3, -0.25) is 9.36 Å². The van der Waals surface area contributed by atoms with Gasteiger partial charge in [0.1, 0.15) is 5.75 Å². The van der Waals surface area contributed by atoms with Crippen LogP contribution in [0.5, 0.6) is 5.75 Å². The van der Waals surface area contributed by atoms with Gasteiger partial charge >= 0.3 is 0 Å². The molecule has 0 fully saturated rings. The van der Waals surface area contributed by atoms with Crippen LogP contribution in [0.1, 0.15) is 6.92 Å². The Bertz CT molecular complexity index is 592. The summed E-state index contributed by atoms with van der Waals surface area (Å²) in [7, 11) is 1.57. The topological polar surface area (TPSA) is 44.1 Å². The number of hydrogen-bond donors (Lipinski definition) is 0. The van der Waals surface area contributed by atoms with E-state index in [1.807, 2.05) is 6.92 Å². The van der Waals surface area contributed by atoms with Crippen molar-refractivity contribution in [1.82, 2.24) is 9.55 Å². The maximum Gasteiger partial charge on any atom is 0.262 e. The predicted molar refractivity (Wildman–Crippen MR) is 63.2 cm³/mol. The molecule has 0 saturated heterocycles. The Kier molecular flexibility index (Phi) is 2.83. The smallest absolute Gasteiger partial charge is 0.262 e. The Morgan fingerprint density at radius 2 is 2.25 bits per heavy atom. The number of rotatable bonds is 2. The van der Waals surface area contributed by atoms with Crippen LogP contribution in [0.2, 0.25) is 5.28 Å². The number of hydrogen-bond acceptors (Lipinski definition) is 3. The van der Waals surface area contributed by atoms with E-state index in [2.05, 4.69) is 4.98 Å². The van der Waals surface area contributed by atoms with Crippen molar-refractivity contribution in [3.63, 3.8) is 0 Å². The molecule has 0 aliphatic heterocycles. The molecule has 0 spiro atoms. The number of halogens is 1. The van der Waals surface area contributed by atoms with E-state index < -0.39 is 0 Å². The number of fused-ring (bicyclic) bond motifs is 1. The van der Waals surface area contributed by atoms with Crippen molar-refractivity contribution in [3.8, 4) is 5.75 Å². The number of methoxy groups -OCH3 is 1. The van der Waals surface area contributed by atoms with Crippen LogP contribution in [-0.2, 0) is 6.54 Å². The Morgan fingerprint density at radius 3 is 2.88 bits per heavy atom. The fraction of sp³-hybridized carbons (Fsp3) is 0.273. The highest BCUT2D eigenvalue weighted by molar-refractivity contribution is 6.28. The fourth-order valence-electron chi connectivity index (χ4n) is 1.57. The summed E-state index contributed by atoms with van der Waals surface area (Å²) in [6.45, 7) is 2.36. The summed E-state index contributed by atoms with van der Waals surface area (Å²) in [5.74, 6) is 0.657. The monoisotopic (exact) mass is 238 g/mol. The minimum Gasteiger partial charge on any atom is -0.497 e. The summed E-state index contributed by atoms with van der Waals surface area (Å²) in [5.41, 5.74) is 0.430. The highest BCUT2D eigenvalue weighted by atomic mass is 35.5. The van der Waals surface area contributed by atoms with Gasteiger partial charge in [0.2, 0.25) is 5.28 Å². The van der Waals surface area contributed by atoms with Crippen LogP contribution in [-0.4, -0.2) is 16.7 Å². The molecule has 1 aromatic heterocycles. The van der Waals surface area contributed by atoms with Crippen molar-refractivity contribution in [3.05, 3.63) is 33.8 Å². The molecule has 0 atom stereocenters. The molecule has 0 unspecified atom stereocenters. The summed E-state index contributed by atoms with van der Waals surface area (Å²) in [6.07, 6.45) is 0. The molecule has 5 heteroatoms. The molecule has 0 bridgehead atoms. The van der Waals surface area contributed by atoms with Crippen LogP contribution in [0, 0.1) is 0 Å². The third kappa shape index (κ3) is 1.65. The van der Waals surface area contributed by atoms with Gasteiger partial charge in [-0.2, -0.15) is 0 Å². The molecule has 4 nitrogen and oxygen atoms in total. The van der Waals surface area contributed by atoms with E-state index in [0.717, 1.165) is 0 Å². The van der Waals surface area contributed by atoms with Crippen molar-refractivity contribution in [2.45, 2.75) is 13.5 Å². The van der Waals surface area contributed by atoms with Gasteiger partial charge in [0.25, 0.3) is 5.56 Å². The van der Waals surface area contributed by atoms with Gasteiger partial charge in [-0.25, -0.2) is 4.98 Å². The van der Waals surface area contributed by atoms with Gasteiger partial charge in [0, 0.05) is 12.6 Å². The lowest BCUT2D eigenvalue weighted by Crippen LogP contribution is -2.21. The normalized spacial score (nSPS) is 10.7. The van der Waals surface area contributed by atoms with E-state index in [-0.39, 0.29) is 10.8 Å². The largest absolute Gasteiger partial charge is 0.497 e. The minimum absolute atomic E-state index is 0.125. The van der Waals surface area contributed by atoms with Gasteiger partial charge in [-0.05, 0) is 30.7 Å². The van der Waals surface area contributed by atoms with Gasteiger partial charge < -0.3 is 4.74 Å². The average Bonchev–Trinajstić information content (AvgIpc) is 2.28. The molecule has 2 rings (SSSR count). The zero-order valence-corrected chi connectivity index (χ0v) is 9.78. The lowest BCUT2D eigenvalue weighted by atomic mass is 10.2. The lowest BCUT2D eigenvalue weighted by molar-refractivity contribution is 0.415. The maximum atomic E-state index is 12.0. The second-order valence-corrected chi connectivity index (χ2v) is 3.65. The molecule has 16 heavy (non-hydrogen) atoms. The molecule has 0 saturated carbocycles. The standard InChI is InChI=1S/C11H11ClN2O2/c1-3-14-10(15)8-5-4-7(16-2)6-9(8)13-11(14)12/h4-6H,3H2,1-2H3. The van der Waals surface area contributed by atoms with Crippen molar-refractivity contribution in [2.75, 3.05) is 7.11 Å². The Balaban J connectivity index is 2.82. The minimum atomic E-state index is -0.125. The summed E-state index contributed by atoms with van der Waals surface area (Å²) in [4.78, 5) is 16.1. The Labute approximate surface area is 97.4 Å². The molecular formula is C11H11ClN2O2. The van der Waals surface area contributed by atoms with E-state index in [1.54, 1.807) is 25.3 Å². The van der Waals surface area contributed by atoms with Crippen LogP contribution in [0.25, 0.3) is 10.9 Å². The zero-order chi connectivity index (χ0) is 11.7. The van der Waals surface area contributed by atoms with Crippen molar-refractivity contribution in [1.29, 1.82) is 0 Å². The zero-order valence-electron chi connectivity index (χ0n) is 9.03. The van der Waals surface area contributed by atoms with Gasteiger partial charge in [0.05, 0.1) is 18.0 Å². The highest BCUT2D eigenvalue weighted by Crippen LogP contribution is 2.18. The molecule has 1 heterocycles. The van der Waals surface area contributed by atoms with Gasteiger partial charge in [-0.1, -0.05) is 0 Å². The van der Waals surface area contributed by atoms with Gasteiger partial charge in [-0.15, -0.1) is 0 Å². The number of aromatic nitrogens is 2. The summed E-state index contributed by atoms with van der Waals surface area (Å²) >= 11 is 5.92. The lowest BCUT2D eigenvalue weighted by Gasteiger charge is -2.07. The van der Waals surface area contributed by atoms with E-state index >= 15 is 0 Å². The molecule has 0 radical (unpaired) electrons. The third-order valence-electron chi connectivity index (χ3n) is 2.43. The summed E-state index contributed by atoms with van der Waals surface area (Å²) < 4.78 is 6.49.